The summed E-state index contributed by atoms with van der Waals surface area (Å²) in [7, 11) is 0. The molecule has 0 heterocycles. The number of benzene rings is 1. The maximum Gasteiger partial charge on any atom is 0.192 e. The maximum atomic E-state index is 10.9. The first-order valence-electron chi connectivity index (χ1n) is 3.99. The van der Waals surface area contributed by atoms with Gasteiger partial charge in [-0.3, -0.25) is 4.79 Å². The van der Waals surface area contributed by atoms with Crippen molar-refractivity contribution in [3.63, 3.8) is 0 Å². The fraction of sp³-hybridized carbons (Fsp3) is 0.100. The van der Waals surface area contributed by atoms with Gasteiger partial charge in [-0.1, -0.05) is 30.3 Å². The molecule has 0 spiro atoms. The highest BCUT2D eigenvalue weighted by Crippen LogP contribution is 2.16. The Balaban J connectivity index is 3.21. The number of carbonyl (C=O) groups is 1. The first-order chi connectivity index (χ1) is 6.66. The van der Waals surface area contributed by atoms with Gasteiger partial charge < -0.3 is 5.11 Å². The number of rotatable bonds is 3. The quantitative estimate of drug-likeness (QED) is 0.452. The van der Waals surface area contributed by atoms with Crippen LogP contribution in [0.25, 0.3) is 5.76 Å². The minimum absolute atomic E-state index is 0.381. The molecule has 1 aromatic carbocycles. The lowest BCUT2D eigenvalue weighted by molar-refractivity contribution is -0.113. The molecule has 0 saturated carbocycles. The van der Waals surface area contributed by atoms with Crippen molar-refractivity contribution >= 4 is 11.5 Å². The van der Waals surface area contributed by atoms with Crippen LogP contribution in [0.2, 0.25) is 0 Å². The number of carbonyl (C=O) groups excluding carboxylic acids is 1. The Morgan fingerprint density at radius 2 is 1.86 bits per heavy atom. The summed E-state index contributed by atoms with van der Waals surface area (Å²) < 4.78 is 0. The zero-order chi connectivity index (χ0) is 10.6. The van der Waals surface area contributed by atoms with Gasteiger partial charge in [0, 0.05) is 12.5 Å². The van der Waals surface area contributed by atoms with Gasteiger partial charge in [0.2, 0.25) is 0 Å². The van der Waals surface area contributed by atoms with E-state index in [1.165, 1.54) is 6.92 Å². The van der Waals surface area contributed by atoms with E-state index in [9.17, 15) is 14.8 Å². The average molecular weight is 191 g/mol. The number of allylic oxidation sites excluding steroid dienone is 1. The highest BCUT2D eigenvalue weighted by Gasteiger charge is 2.12. The van der Waals surface area contributed by atoms with E-state index in [2.05, 4.69) is 5.18 Å². The molecule has 4 heteroatoms. The smallest absolute Gasteiger partial charge is 0.192 e. The van der Waals surface area contributed by atoms with Crippen molar-refractivity contribution < 1.29 is 9.90 Å². The third-order valence-electron chi connectivity index (χ3n) is 1.70. The number of hydrogen-bond donors (Lipinski definition) is 1. The van der Waals surface area contributed by atoms with Crippen molar-refractivity contribution in [2.75, 3.05) is 0 Å². The summed E-state index contributed by atoms with van der Waals surface area (Å²) in [4.78, 5) is 21.2. The molecule has 0 aromatic heterocycles. The van der Waals surface area contributed by atoms with E-state index in [0.717, 1.165) is 0 Å². The Bertz CT molecular complexity index is 382. The highest BCUT2D eigenvalue weighted by atomic mass is 16.3. The first kappa shape index (κ1) is 10.1. The summed E-state index contributed by atoms with van der Waals surface area (Å²) >= 11 is 0. The Morgan fingerprint density at radius 3 is 2.29 bits per heavy atom. The number of nitroso groups, excluding NO2 is 1. The first-order valence-corrected chi connectivity index (χ1v) is 3.99. The van der Waals surface area contributed by atoms with Crippen molar-refractivity contribution in [2.45, 2.75) is 6.92 Å². The zero-order valence-corrected chi connectivity index (χ0v) is 7.60. The van der Waals surface area contributed by atoms with E-state index in [0.29, 0.717) is 5.56 Å². The van der Waals surface area contributed by atoms with Crippen molar-refractivity contribution in [1.82, 2.24) is 0 Å². The van der Waals surface area contributed by atoms with Crippen LogP contribution in [-0.2, 0) is 4.79 Å². The molecule has 0 radical (unpaired) electrons. The molecule has 72 valence electrons. The summed E-state index contributed by atoms with van der Waals surface area (Å²) in [6.07, 6.45) is 0. The summed E-state index contributed by atoms with van der Waals surface area (Å²) in [6, 6.07) is 8.31. The molecule has 0 atom stereocenters. The molecular formula is C10H9NO3. The molecule has 0 unspecified atom stereocenters. The second-order valence-electron chi connectivity index (χ2n) is 2.71. The van der Waals surface area contributed by atoms with Crippen LogP contribution in [0.5, 0.6) is 0 Å². The van der Waals surface area contributed by atoms with Crippen LogP contribution >= 0.6 is 0 Å². The average Bonchev–Trinajstić information content (AvgIpc) is 2.19. The van der Waals surface area contributed by atoms with E-state index in [1.54, 1.807) is 30.3 Å². The summed E-state index contributed by atoms with van der Waals surface area (Å²) in [5, 5.41) is 12.0. The van der Waals surface area contributed by atoms with E-state index in [4.69, 9.17) is 0 Å². The molecule has 1 N–H and O–H groups in total. The van der Waals surface area contributed by atoms with Gasteiger partial charge in [0.15, 0.2) is 17.2 Å². The largest absolute Gasteiger partial charge is 0.505 e. The van der Waals surface area contributed by atoms with Crippen molar-refractivity contribution in [3.05, 3.63) is 46.5 Å². The summed E-state index contributed by atoms with van der Waals surface area (Å²) in [6.45, 7) is 1.18. The van der Waals surface area contributed by atoms with Crippen LogP contribution < -0.4 is 0 Å². The van der Waals surface area contributed by atoms with Gasteiger partial charge in [0.1, 0.15) is 0 Å². The molecule has 0 fully saturated rings. The number of nitrogens with zero attached hydrogens (tertiary/aromatic N) is 1. The minimum Gasteiger partial charge on any atom is -0.505 e. The number of ketones is 1. The summed E-state index contributed by atoms with van der Waals surface area (Å²) in [5.74, 6) is -0.936. The second kappa shape index (κ2) is 4.32. The van der Waals surface area contributed by atoms with Crippen LogP contribution in [0, 0.1) is 4.91 Å². The summed E-state index contributed by atoms with van der Waals surface area (Å²) in [5.41, 5.74) is -0.0477. The van der Waals surface area contributed by atoms with Gasteiger partial charge in [0.25, 0.3) is 0 Å². The normalized spacial score (nSPS) is 11.8. The molecule has 0 aliphatic heterocycles. The molecule has 14 heavy (non-hydrogen) atoms. The molecule has 0 saturated heterocycles. The number of Topliss-reactive ketones (excluding diaryl/α,β-unsaturated/α-hetero) is 1. The topological polar surface area (TPSA) is 66.7 Å². The molecular weight excluding hydrogens is 182 g/mol. The molecule has 0 aliphatic rings. The molecule has 0 amide bonds. The highest BCUT2D eigenvalue weighted by molar-refractivity contribution is 5.99. The lowest BCUT2D eigenvalue weighted by Crippen LogP contribution is -1.98. The second-order valence-corrected chi connectivity index (χ2v) is 2.71. The molecule has 4 nitrogen and oxygen atoms in total. The van der Waals surface area contributed by atoms with E-state index in [1.807, 2.05) is 0 Å². The molecule has 0 aliphatic carbocycles. The van der Waals surface area contributed by atoms with Gasteiger partial charge in [0.05, 0.1) is 0 Å². The van der Waals surface area contributed by atoms with Gasteiger partial charge in [-0.15, -0.1) is 4.91 Å². The van der Waals surface area contributed by atoms with Crippen LogP contribution in [0.3, 0.4) is 0 Å². The van der Waals surface area contributed by atoms with Crippen molar-refractivity contribution in [1.29, 1.82) is 0 Å². The Hall–Kier alpha value is -1.97. The van der Waals surface area contributed by atoms with Crippen LogP contribution in [-0.4, -0.2) is 10.9 Å². The fourth-order valence-electron chi connectivity index (χ4n) is 1.01. The number of hydrogen-bond acceptors (Lipinski definition) is 4. The third-order valence-corrected chi connectivity index (χ3v) is 1.70. The lowest BCUT2D eigenvalue weighted by Gasteiger charge is -2.00. The van der Waals surface area contributed by atoms with Crippen molar-refractivity contribution in [3.8, 4) is 0 Å². The van der Waals surface area contributed by atoms with Crippen LogP contribution in [0.4, 0.5) is 0 Å². The van der Waals surface area contributed by atoms with Gasteiger partial charge in [-0.05, 0) is 5.18 Å². The fourth-order valence-corrected chi connectivity index (χ4v) is 1.01. The number of aliphatic hydroxyl groups is 1. The predicted molar refractivity (Wildman–Crippen MR) is 52.5 cm³/mol. The zero-order valence-electron chi connectivity index (χ0n) is 7.60. The SMILES string of the molecule is CC(=O)/C(N=O)=C(\O)c1ccccc1. The van der Waals surface area contributed by atoms with Gasteiger partial charge in [-0.2, -0.15) is 0 Å². The van der Waals surface area contributed by atoms with Gasteiger partial charge >= 0.3 is 0 Å². The predicted octanol–water partition coefficient (Wildman–Crippen LogP) is 2.27. The van der Waals surface area contributed by atoms with Gasteiger partial charge in [-0.25, -0.2) is 0 Å². The Kier molecular flexibility index (Phi) is 3.12. The van der Waals surface area contributed by atoms with E-state index < -0.39 is 11.5 Å². The Morgan fingerprint density at radius 1 is 1.29 bits per heavy atom. The number of aliphatic hydroxyl groups excluding tert-OH is 1. The monoisotopic (exact) mass is 191 g/mol. The minimum atomic E-state index is -0.554. The van der Waals surface area contributed by atoms with Crippen LogP contribution in [0.1, 0.15) is 12.5 Å². The lowest BCUT2D eigenvalue weighted by atomic mass is 10.1. The van der Waals surface area contributed by atoms with Crippen molar-refractivity contribution in [2.24, 2.45) is 5.18 Å². The molecule has 1 aromatic rings. The third kappa shape index (κ3) is 2.04. The molecule has 0 bridgehead atoms. The maximum absolute atomic E-state index is 10.9. The standard InChI is InChI=1S/C10H9NO3/c1-7(12)9(11-14)10(13)8-5-3-2-4-6-8/h2-6,13H,1H3/b10-9+. The van der Waals surface area contributed by atoms with Crippen LogP contribution in [0.15, 0.2) is 41.2 Å². The van der Waals surface area contributed by atoms with E-state index >= 15 is 0 Å². The Labute approximate surface area is 80.9 Å². The van der Waals surface area contributed by atoms with E-state index in [-0.39, 0.29) is 5.76 Å². The molecule has 1 rings (SSSR count).